The number of benzene rings is 1. The number of rotatable bonds is 2. The SMILES string of the molecule is Cc1ccc(Cl)cc1NC(=O)NC1=CC(=O)OC1. The molecule has 1 aliphatic rings. The Balaban J connectivity index is 2.01. The van der Waals surface area contributed by atoms with E-state index in [0.29, 0.717) is 16.4 Å². The molecule has 0 spiro atoms. The molecule has 94 valence electrons. The fourth-order valence-corrected chi connectivity index (χ4v) is 1.65. The molecule has 0 aliphatic carbocycles. The summed E-state index contributed by atoms with van der Waals surface area (Å²) < 4.78 is 4.66. The molecule has 0 saturated heterocycles. The molecule has 2 N–H and O–H groups in total. The van der Waals surface area contributed by atoms with Gasteiger partial charge >= 0.3 is 12.0 Å². The number of ether oxygens (including phenoxy) is 1. The summed E-state index contributed by atoms with van der Waals surface area (Å²) in [7, 11) is 0. The third-order valence-electron chi connectivity index (χ3n) is 2.38. The van der Waals surface area contributed by atoms with Crippen LogP contribution >= 0.6 is 11.6 Å². The topological polar surface area (TPSA) is 67.4 Å². The number of aryl methyl sites for hydroxylation is 1. The fourth-order valence-electron chi connectivity index (χ4n) is 1.47. The van der Waals surface area contributed by atoms with Gasteiger partial charge in [0.1, 0.15) is 6.61 Å². The van der Waals surface area contributed by atoms with E-state index in [-0.39, 0.29) is 6.61 Å². The number of urea groups is 1. The number of esters is 1. The number of hydrogen-bond donors (Lipinski definition) is 2. The van der Waals surface area contributed by atoms with E-state index in [1.54, 1.807) is 18.2 Å². The first-order chi connectivity index (χ1) is 8.54. The Morgan fingerprint density at radius 1 is 1.39 bits per heavy atom. The fraction of sp³-hybridized carbons (Fsp3) is 0.167. The molecule has 2 rings (SSSR count). The summed E-state index contributed by atoms with van der Waals surface area (Å²) in [5.74, 6) is -0.454. The van der Waals surface area contributed by atoms with Gasteiger partial charge in [-0.2, -0.15) is 0 Å². The summed E-state index contributed by atoms with van der Waals surface area (Å²) in [5, 5.41) is 5.71. The molecule has 1 aromatic carbocycles. The Kier molecular flexibility index (Phi) is 3.53. The predicted octanol–water partition coefficient (Wildman–Crippen LogP) is 2.21. The van der Waals surface area contributed by atoms with Gasteiger partial charge in [0.25, 0.3) is 0 Å². The molecule has 0 unspecified atom stereocenters. The van der Waals surface area contributed by atoms with Gasteiger partial charge in [0.05, 0.1) is 5.70 Å². The molecular weight excluding hydrogens is 256 g/mol. The van der Waals surface area contributed by atoms with Crippen LogP contribution in [0.3, 0.4) is 0 Å². The summed E-state index contributed by atoms with van der Waals surface area (Å²) in [6, 6.07) is 4.76. The molecule has 0 aromatic heterocycles. The van der Waals surface area contributed by atoms with Crippen molar-refractivity contribution >= 4 is 29.3 Å². The standard InChI is InChI=1S/C12H11ClN2O3/c1-7-2-3-8(13)4-10(7)15-12(17)14-9-5-11(16)18-6-9/h2-5H,6H2,1H3,(H2,14,15,17). The minimum absolute atomic E-state index is 0.0841. The van der Waals surface area contributed by atoms with Crippen molar-refractivity contribution in [2.45, 2.75) is 6.92 Å². The Morgan fingerprint density at radius 2 is 2.17 bits per heavy atom. The number of amides is 2. The van der Waals surface area contributed by atoms with Crippen LogP contribution in [0.1, 0.15) is 5.56 Å². The third kappa shape index (κ3) is 3.01. The van der Waals surface area contributed by atoms with Gasteiger partial charge in [0.15, 0.2) is 0 Å². The zero-order chi connectivity index (χ0) is 13.1. The van der Waals surface area contributed by atoms with Gasteiger partial charge in [-0.05, 0) is 24.6 Å². The average molecular weight is 267 g/mol. The Bertz CT molecular complexity index is 540. The molecule has 1 heterocycles. The lowest BCUT2D eigenvalue weighted by Crippen LogP contribution is -2.29. The number of cyclic esters (lactones) is 1. The van der Waals surface area contributed by atoms with E-state index >= 15 is 0 Å². The first-order valence-electron chi connectivity index (χ1n) is 5.26. The van der Waals surface area contributed by atoms with E-state index in [9.17, 15) is 9.59 Å². The molecule has 0 bridgehead atoms. The van der Waals surface area contributed by atoms with Gasteiger partial charge < -0.3 is 15.4 Å². The molecule has 18 heavy (non-hydrogen) atoms. The van der Waals surface area contributed by atoms with Crippen molar-refractivity contribution in [1.82, 2.24) is 5.32 Å². The maximum Gasteiger partial charge on any atom is 0.333 e. The van der Waals surface area contributed by atoms with Crippen molar-refractivity contribution < 1.29 is 14.3 Å². The van der Waals surface area contributed by atoms with Crippen LogP contribution in [0.15, 0.2) is 30.0 Å². The normalized spacial score (nSPS) is 13.9. The van der Waals surface area contributed by atoms with Crippen LogP contribution in [0.25, 0.3) is 0 Å². The second kappa shape index (κ2) is 5.10. The monoisotopic (exact) mass is 266 g/mol. The zero-order valence-electron chi connectivity index (χ0n) is 9.62. The highest BCUT2D eigenvalue weighted by molar-refractivity contribution is 6.31. The Labute approximate surface area is 109 Å². The van der Waals surface area contributed by atoms with Crippen LogP contribution in [0, 0.1) is 6.92 Å². The largest absolute Gasteiger partial charge is 0.456 e. The van der Waals surface area contributed by atoms with Crippen LogP contribution in [-0.4, -0.2) is 18.6 Å². The number of nitrogens with one attached hydrogen (secondary N) is 2. The maximum atomic E-state index is 11.7. The number of halogens is 1. The average Bonchev–Trinajstić information content (AvgIpc) is 2.69. The van der Waals surface area contributed by atoms with Gasteiger partial charge in [-0.1, -0.05) is 17.7 Å². The molecule has 0 radical (unpaired) electrons. The second-order valence-electron chi connectivity index (χ2n) is 3.82. The molecule has 0 atom stereocenters. The van der Waals surface area contributed by atoms with Crippen LogP contribution in [0.5, 0.6) is 0 Å². The van der Waals surface area contributed by atoms with E-state index in [1.807, 2.05) is 6.92 Å². The predicted molar refractivity (Wildman–Crippen MR) is 67.4 cm³/mol. The van der Waals surface area contributed by atoms with Crippen molar-refractivity contribution in [3.63, 3.8) is 0 Å². The minimum atomic E-state index is -0.454. The van der Waals surface area contributed by atoms with E-state index in [4.69, 9.17) is 11.6 Å². The third-order valence-corrected chi connectivity index (χ3v) is 2.62. The van der Waals surface area contributed by atoms with Crippen molar-refractivity contribution in [2.24, 2.45) is 0 Å². The number of hydrogen-bond acceptors (Lipinski definition) is 3. The molecule has 6 heteroatoms. The lowest BCUT2D eigenvalue weighted by atomic mass is 10.2. The van der Waals surface area contributed by atoms with Crippen molar-refractivity contribution in [1.29, 1.82) is 0 Å². The van der Waals surface area contributed by atoms with Gasteiger partial charge in [-0.15, -0.1) is 0 Å². The molecule has 2 amide bonds. The first kappa shape index (κ1) is 12.4. The Hall–Kier alpha value is -2.01. The van der Waals surface area contributed by atoms with Gasteiger partial charge in [0, 0.05) is 16.8 Å². The molecule has 0 saturated carbocycles. The van der Waals surface area contributed by atoms with E-state index in [1.165, 1.54) is 6.08 Å². The summed E-state index contributed by atoms with van der Waals surface area (Å²) in [4.78, 5) is 22.5. The minimum Gasteiger partial charge on any atom is -0.456 e. The van der Waals surface area contributed by atoms with E-state index < -0.39 is 12.0 Å². The second-order valence-corrected chi connectivity index (χ2v) is 4.25. The van der Waals surface area contributed by atoms with Gasteiger partial charge in [-0.3, -0.25) is 0 Å². The number of carbonyl (C=O) groups is 2. The summed E-state index contributed by atoms with van der Waals surface area (Å²) in [6.45, 7) is 1.94. The van der Waals surface area contributed by atoms with Crippen molar-refractivity contribution in [3.8, 4) is 0 Å². The van der Waals surface area contributed by atoms with E-state index in [0.717, 1.165) is 5.56 Å². The molecule has 1 aromatic rings. The highest BCUT2D eigenvalue weighted by Crippen LogP contribution is 2.20. The van der Waals surface area contributed by atoms with Gasteiger partial charge in [-0.25, -0.2) is 9.59 Å². The van der Waals surface area contributed by atoms with Crippen molar-refractivity contribution in [3.05, 3.63) is 40.6 Å². The number of anilines is 1. The van der Waals surface area contributed by atoms with Crippen molar-refractivity contribution in [2.75, 3.05) is 11.9 Å². The summed E-state index contributed by atoms with van der Waals surface area (Å²) in [5.41, 5.74) is 1.94. The lowest BCUT2D eigenvalue weighted by molar-refractivity contribution is -0.134. The molecule has 1 aliphatic heterocycles. The van der Waals surface area contributed by atoms with Gasteiger partial charge in [0.2, 0.25) is 0 Å². The highest BCUT2D eigenvalue weighted by atomic mass is 35.5. The maximum absolute atomic E-state index is 11.7. The van der Waals surface area contributed by atoms with Crippen LogP contribution < -0.4 is 10.6 Å². The van der Waals surface area contributed by atoms with Crippen LogP contribution in [0.2, 0.25) is 5.02 Å². The quantitative estimate of drug-likeness (QED) is 0.807. The summed E-state index contributed by atoms with van der Waals surface area (Å²) >= 11 is 5.84. The lowest BCUT2D eigenvalue weighted by Gasteiger charge is -2.10. The number of carbonyl (C=O) groups excluding carboxylic acids is 2. The molecular formula is C12H11ClN2O3. The van der Waals surface area contributed by atoms with Crippen LogP contribution in [-0.2, 0) is 9.53 Å². The molecule has 5 nitrogen and oxygen atoms in total. The van der Waals surface area contributed by atoms with E-state index in [2.05, 4.69) is 15.4 Å². The molecule has 0 fully saturated rings. The Morgan fingerprint density at radius 3 is 2.83 bits per heavy atom. The zero-order valence-corrected chi connectivity index (χ0v) is 10.4. The highest BCUT2D eigenvalue weighted by Gasteiger charge is 2.15. The smallest absolute Gasteiger partial charge is 0.333 e. The van der Waals surface area contributed by atoms with Crippen LogP contribution in [0.4, 0.5) is 10.5 Å². The first-order valence-corrected chi connectivity index (χ1v) is 5.64. The summed E-state index contributed by atoms with van der Waals surface area (Å²) in [6.07, 6.45) is 1.24.